The van der Waals surface area contributed by atoms with Crippen LogP contribution in [0.5, 0.6) is 0 Å². The molecule has 2 rings (SSSR count). The summed E-state index contributed by atoms with van der Waals surface area (Å²) in [5, 5.41) is 10.9. The van der Waals surface area contributed by atoms with Gasteiger partial charge in [-0.1, -0.05) is 81.4 Å². The van der Waals surface area contributed by atoms with Crippen molar-refractivity contribution in [1.82, 2.24) is 0 Å². The van der Waals surface area contributed by atoms with Crippen LogP contribution in [0.25, 0.3) is 0 Å². The molecule has 0 aliphatic carbocycles. The van der Waals surface area contributed by atoms with E-state index in [1.165, 1.54) is 10.4 Å². The van der Waals surface area contributed by atoms with E-state index in [-0.39, 0.29) is 18.3 Å². The van der Waals surface area contributed by atoms with Gasteiger partial charge in [0.1, 0.15) is 6.61 Å². The molecule has 1 N–H and O–H groups in total. The average molecular weight is 711 g/mol. The zero-order chi connectivity index (χ0) is 35.3. The van der Waals surface area contributed by atoms with Crippen molar-refractivity contribution in [3.63, 3.8) is 0 Å². The lowest BCUT2D eigenvalue weighted by Gasteiger charge is -2.43. The third kappa shape index (κ3) is 19.1. The Morgan fingerprint density at radius 2 is 0.735 bits per heavy atom. The van der Waals surface area contributed by atoms with Gasteiger partial charge in [0, 0.05) is 0 Å². The zero-order valence-corrected chi connectivity index (χ0v) is 30.6. The molecule has 13 heteroatoms. The highest BCUT2D eigenvalue weighted by molar-refractivity contribution is 6.99. The maximum Gasteiger partial charge on any atom is 0.329 e. The molecule has 0 spiro atoms. The van der Waals surface area contributed by atoms with Crippen molar-refractivity contribution in [3.8, 4) is 0 Å². The molecule has 0 unspecified atom stereocenters. The summed E-state index contributed by atoms with van der Waals surface area (Å²) in [5.74, 6) is -0.995. The molecular formula is C36H58O12Si. The van der Waals surface area contributed by atoms with Gasteiger partial charge in [-0.3, -0.25) is 0 Å². The maximum atomic E-state index is 10.3. The summed E-state index contributed by atoms with van der Waals surface area (Å²) < 4.78 is 55.8. The van der Waals surface area contributed by atoms with Crippen molar-refractivity contribution >= 4 is 24.7 Å². The molecule has 2 aromatic carbocycles. The molecule has 0 aromatic heterocycles. The molecule has 49 heavy (non-hydrogen) atoms. The summed E-state index contributed by atoms with van der Waals surface area (Å²) in [6.07, 6.45) is 0. The molecule has 0 aliphatic rings. The fourth-order valence-electron chi connectivity index (χ4n) is 4.93. The van der Waals surface area contributed by atoms with Gasteiger partial charge in [-0.25, -0.2) is 4.79 Å². The quantitative estimate of drug-likeness (QED) is 0.0886. The van der Waals surface area contributed by atoms with E-state index < -0.39 is 14.3 Å². The highest BCUT2D eigenvalue weighted by Crippen LogP contribution is 2.36. The fraction of sp³-hybridized carbons (Fsp3) is 0.639. The van der Waals surface area contributed by atoms with E-state index in [1.807, 2.05) is 12.1 Å². The second kappa shape index (κ2) is 27.5. The van der Waals surface area contributed by atoms with E-state index >= 15 is 0 Å². The average Bonchev–Trinajstić information content (AvgIpc) is 3.09. The molecule has 0 saturated heterocycles. The van der Waals surface area contributed by atoms with E-state index in [1.54, 1.807) is 0 Å². The number of carboxylic acid groups (broad SMARTS) is 1. The number of carboxylic acids is 1. The first-order valence-corrected chi connectivity index (χ1v) is 18.9. The first-order valence-electron chi connectivity index (χ1n) is 17.0. The van der Waals surface area contributed by atoms with Crippen molar-refractivity contribution < 1.29 is 57.0 Å². The first-order chi connectivity index (χ1) is 23.9. The number of hydrogen-bond acceptors (Lipinski definition) is 11. The predicted molar refractivity (Wildman–Crippen MR) is 189 cm³/mol. The Kier molecular flexibility index (Phi) is 24.0. The SMILES string of the molecule is CC(C)(C)[Si](OCCOCCOCCOCCOCCOCCOCCOCCOCCOCC(=O)O)(c1ccccc1)c1ccccc1. The van der Waals surface area contributed by atoms with Crippen LogP contribution in [-0.2, 0) is 51.9 Å². The Hall–Kier alpha value is -2.27. The van der Waals surface area contributed by atoms with Gasteiger partial charge in [0.05, 0.1) is 119 Å². The van der Waals surface area contributed by atoms with Crippen molar-refractivity contribution in [2.24, 2.45) is 0 Å². The van der Waals surface area contributed by atoms with Crippen LogP contribution in [0, 0.1) is 0 Å². The number of ether oxygens (including phenoxy) is 9. The fourth-order valence-corrected chi connectivity index (χ4v) is 9.48. The van der Waals surface area contributed by atoms with Gasteiger partial charge < -0.3 is 52.2 Å². The second-order valence-corrected chi connectivity index (χ2v) is 16.2. The lowest BCUT2D eigenvalue weighted by Crippen LogP contribution is -2.66. The molecule has 278 valence electrons. The number of aliphatic carboxylic acids is 1. The Bertz CT molecular complexity index is 1020. The maximum absolute atomic E-state index is 10.3. The monoisotopic (exact) mass is 710 g/mol. The van der Waals surface area contributed by atoms with Crippen LogP contribution < -0.4 is 10.4 Å². The van der Waals surface area contributed by atoms with Crippen LogP contribution in [0.1, 0.15) is 20.8 Å². The van der Waals surface area contributed by atoms with Gasteiger partial charge in [0.2, 0.25) is 0 Å². The van der Waals surface area contributed by atoms with E-state index in [9.17, 15) is 4.79 Å². The normalized spacial score (nSPS) is 12.1. The molecular weight excluding hydrogens is 652 g/mol. The van der Waals surface area contributed by atoms with E-state index in [0.717, 1.165) is 0 Å². The van der Waals surface area contributed by atoms with E-state index in [0.29, 0.717) is 112 Å². The predicted octanol–water partition coefficient (Wildman–Crippen LogP) is 2.80. The summed E-state index contributed by atoms with van der Waals surface area (Å²) >= 11 is 0. The molecule has 0 saturated carbocycles. The van der Waals surface area contributed by atoms with Crippen LogP contribution in [0.3, 0.4) is 0 Å². The molecule has 2 aromatic rings. The Morgan fingerprint density at radius 1 is 0.469 bits per heavy atom. The minimum Gasteiger partial charge on any atom is -0.480 e. The number of benzene rings is 2. The van der Waals surface area contributed by atoms with Crippen LogP contribution in [0.4, 0.5) is 0 Å². The Morgan fingerprint density at radius 3 is 1.00 bits per heavy atom. The molecule has 0 bridgehead atoms. The number of rotatable bonds is 32. The van der Waals surface area contributed by atoms with Crippen LogP contribution in [0.2, 0.25) is 5.04 Å². The minimum atomic E-state index is -2.54. The van der Waals surface area contributed by atoms with Crippen LogP contribution in [-0.4, -0.2) is 145 Å². The van der Waals surface area contributed by atoms with Crippen molar-refractivity contribution in [2.75, 3.05) is 126 Å². The number of carbonyl (C=O) groups is 1. The van der Waals surface area contributed by atoms with Gasteiger partial charge in [0.15, 0.2) is 0 Å². The molecule has 0 heterocycles. The molecule has 0 amide bonds. The molecule has 0 fully saturated rings. The van der Waals surface area contributed by atoms with E-state index in [2.05, 4.69) is 69.3 Å². The minimum absolute atomic E-state index is 0.0606. The highest BCUT2D eigenvalue weighted by atomic mass is 28.4. The van der Waals surface area contributed by atoms with Crippen LogP contribution >= 0.6 is 0 Å². The van der Waals surface area contributed by atoms with Crippen molar-refractivity contribution in [3.05, 3.63) is 60.7 Å². The summed E-state index contributed by atoms with van der Waals surface area (Å²) in [7, 11) is -2.54. The van der Waals surface area contributed by atoms with Gasteiger partial charge in [-0.05, 0) is 15.4 Å². The van der Waals surface area contributed by atoms with Gasteiger partial charge in [0.25, 0.3) is 8.32 Å². The largest absolute Gasteiger partial charge is 0.480 e. The third-order valence-corrected chi connectivity index (χ3v) is 12.2. The Labute approximate surface area is 293 Å². The molecule has 0 atom stereocenters. The van der Waals surface area contributed by atoms with Crippen molar-refractivity contribution in [2.45, 2.75) is 25.8 Å². The van der Waals surface area contributed by atoms with Crippen molar-refractivity contribution in [1.29, 1.82) is 0 Å². The second-order valence-electron chi connectivity index (χ2n) is 11.9. The zero-order valence-electron chi connectivity index (χ0n) is 29.6. The third-order valence-electron chi connectivity index (χ3n) is 7.16. The van der Waals surface area contributed by atoms with Crippen LogP contribution in [0.15, 0.2) is 60.7 Å². The lowest BCUT2D eigenvalue weighted by atomic mass is 10.2. The topological polar surface area (TPSA) is 130 Å². The smallest absolute Gasteiger partial charge is 0.329 e. The first kappa shape index (κ1) is 42.9. The molecule has 12 nitrogen and oxygen atoms in total. The molecule has 0 radical (unpaired) electrons. The molecule has 0 aliphatic heterocycles. The number of hydrogen-bond donors (Lipinski definition) is 1. The van der Waals surface area contributed by atoms with E-state index in [4.69, 9.17) is 52.2 Å². The lowest BCUT2D eigenvalue weighted by molar-refractivity contribution is -0.142. The highest BCUT2D eigenvalue weighted by Gasteiger charge is 2.50. The standard InChI is InChI=1S/C36H58O12Si/c1-36(2,3)49(33-10-6-4-7-11-33,34-12-8-5-9-13-34)48-31-30-46-27-26-44-23-22-42-19-18-40-15-14-39-16-17-41-20-21-43-24-25-45-28-29-47-32-35(37)38/h4-13H,14-32H2,1-3H3,(H,37,38). The summed E-state index contributed by atoms with van der Waals surface area (Å²) in [5.41, 5.74) is 0. The van der Waals surface area contributed by atoms with Gasteiger partial charge in [-0.2, -0.15) is 0 Å². The summed E-state index contributed by atoms with van der Waals surface area (Å²) in [4.78, 5) is 10.3. The summed E-state index contributed by atoms with van der Waals surface area (Å²) in [6, 6.07) is 21.2. The van der Waals surface area contributed by atoms with Gasteiger partial charge >= 0.3 is 5.97 Å². The summed E-state index contributed by atoms with van der Waals surface area (Å²) in [6.45, 7) is 14.8. The van der Waals surface area contributed by atoms with Gasteiger partial charge in [-0.15, -0.1) is 0 Å². The Balaban J connectivity index is 1.36.